The molecule has 1 aromatic heterocycles. The van der Waals surface area contributed by atoms with Crippen molar-refractivity contribution in [1.82, 2.24) is 9.55 Å². The Balaban J connectivity index is 2.45. The molecule has 0 bridgehead atoms. The Morgan fingerprint density at radius 3 is 2.93 bits per heavy atom. The van der Waals surface area contributed by atoms with Crippen molar-refractivity contribution < 1.29 is 0 Å². The van der Waals surface area contributed by atoms with Crippen LogP contribution in [0.5, 0.6) is 0 Å². The molecule has 0 atom stereocenters. The van der Waals surface area contributed by atoms with Gasteiger partial charge in [-0.3, -0.25) is 14.8 Å². The molecule has 1 fully saturated rings. The van der Waals surface area contributed by atoms with Crippen molar-refractivity contribution in [3.05, 3.63) is 27.9 Å². The summed E-state index contributed by atoms with van der Waals surface area (Å²) in [7, 11) is 0. The van der Waals surface area contributed by atoms with Crippen LogP contribution in [0.2, 0.25) is 0 Å². The molecule has 1 aliphatic rings. The van der Waals surface area contributed by atoms with Crippen LogP contribution in [0.25, 0.3) is 0 Å². The molecule has 80 valence electrons. The molecule has 0 amide bonds. The Morgan fingerprint density at radius 1 is 1.73 bits per heavy atom. The summed E-state index contributed by atoms with van der Waals surface area (Å²) in [6.45, 7) is 1.83. The number of aryl methyl sites for hydroxylation is 1. The molecule has 0 aromatic carbocycles. The predicted molar refractivity (Wildman–Crippen MR) is 57.1 cm³/mol. The first-order valence-electron chi connectivity index (χ1n) is 4.99. The molecule has 2 rings (SSSR count). The van der Waals surface area contributed by atoms with Crippen LogP contribution in [0.1, 0.15) is 30.3 Å². The minimum atomic E-state index is -0.0415. The Hall–Kier alpha value is -1.65. The van der Waals surface area contributed by atoms with Crippen LogP contribution in [0.4, 0.5) is 0 Å². The fourth-order valence-electron chi connectivity index (χ4n) is 1.68. The van der Waals surface area contributed by atoms with Gasteiger partial charge in [0.2, 0.25) is 0 Å². The predicted octanol–water partition coefficient (Wildman–Crippen LogP) is 0.365. The Kier molecular flexibility index (Phi) is 2.30. The van der Waals surface area contributed by atoms with Crippen LogP contribution in [0.15, 0.2) is 11.0 Å². The van der Waals surface area contributed by atoms with Gasteiger partial charge in [-0.2, -0.15) is 0 Å². The van der Waals surface area contributed by atoms with E-state index in [-0.39, 0.29) is 17.8 Å². The van der Waals surface area contributed by atoms with Gasteiger partial charge in [-0.25, -0.2) is 4.98 Å². The van der Waals surface area contributed by atoms with Gasteiger partial charge in [0.15, 0.2) is 0 Å². The Morgan fingerprint density at radius 2 is 2.40 bits per heavy atom. The van der Waals surface area contributed by atoms with Gasteiger partial charge >= 0.3 is 0 Å². The van der Waals surface area contributed by atoms with Gasteiger partial charge in [0.25, 0.3) is 5.56 Å². The maximum atomic E-state index is 12.0. The number of aromatic nitrogens is 2. The summed E-state index contributed by atoms with van der Waals surface area (Å²) in [5.74, 6) is 0.745. The third-order valence-electron chi connectivity index (χ3n) is 2.54. The van der Waals surface area contributed by atoms with E-state index >= 15 is 0 Å². The summed E-state index contributed by atoms with van der Waals surface area (Å²) >= 11 is 0. The van der Waals surface area contributed by atoms with Gasteiger partial charge in [0, 0.05) is 24.2 Å². The quantitative estimate of drug-likeness (QED) is 0.553. The first-order valence-corrected chi connectivity index (χ1v) is 4.99. The van der Waals surface area contributed by atoms with E-state index in [1.165, 1.54) is 6.20 Å². The average Bonchev–Trinajstić information content (AvgIpc) is 2.94. The van der Waals surface area contributed by atoms with E-state index in [2.05, 4.69) is 4.98 Å². The molecule has 5 nitrogen and oxygen atoms in total. The third-order valence-corrected chi connectivity index (χ3v) is 2.54. The van der Waals surface area contributed by atoms with Crippen molar-refractivity contribution in [2.24, 2.45) is 5.73 Å². The van der Waals surface area contributed by atoms with Gasteiger partial charge in [0.1, 0.15) is 5.82 Å². The maximum Gasteiger partial charge on any atom is 0.257 e. The lowest BCUT2D eigenvalue weighted by atomic mass is 10.2. The van der Waals surface area contributed by atoms with Crippen LogP contribution in [-0.2, 0) is 6.42 Å². The summed E-state index contributed by atoms with van der Waals surface area (Å²) in [5.41, 5.74) is 5.75. The summed E-state index contributed by atoms with van der Waals surface area (Å²) in [5, 5.41) is 7.18. The largest absolute Gasteiger partial charge is 0.387 e. The fraction of sp³-hybridized carbons (Fsp3) is 0.500. The fourth-order valence-corrected chi connectivity index (χ4v) is 1.68. The highest BCUT2D eigenvalue weighted by atomic mass is 16.1. The zero-order valence-electron chi connectivity index (χ0n) is 8.66. The average molecular weight is 206 g/mol. The number of nitrogens with zero attached hydrogens (tertiary/aromatic N) is 2. The number of nitrogens with one attached hydrogen (secondary N) is 1. The highest BCUT2D eigenvalue weighted by Crippen LogP contribution is 2.33. The van der Waals surface area contributed by atoms with Gasteiger partial charge in [-0.1, -0.05) is 0 Å². The maximum absolute atomic E-state index is 12.0. The van der Waals surface area contributed by atoms with Gasteiger partial charge < -0.3 is 5.73 Å². The molecular weight excluding hydrogens is 192 g/mol. The Bertz CT molecular complexity index is 459. The summed E-state index contributed by atoms with van der Waals surface area (Å²) < 4.78 is 1.72. The number of hydrogen-bond acceptors (Lipinski definition) is 3. The van der Waals surface area contributed by atoms with E-state index in [1.54, 1.807) is 4.57 Å². The monoisotopic (exact) mass is 206 g/mol. The van der Waals surface area contributed by atoms with E-state index in [0.29, 0.717) is 11.6 Å². The first kappa shape index (κ1) is 9.89. The molecular formula is C10H14N4O. The molecule has 0 spiro atoms. The molecule has 15 heavy (non-hydrogen) atoms. The van der Waals surface area contributed by atoms with Crippen molar-refractivity contribution in [2.45, 2.75) is 32.2 Å². The van der Waals surface area contributed by atoms with E-state index in [0.717, 1.165) is 18.7 Å². The van der Waals surface area contributed by atoms with Crippen molar-refractivity contribution in [2.75, 3.05) is 0 Å². The number of rotatable bonds is 3. The highest BCUT2D eigenvalue weighted by Gasteiger charge is 2.27. The Labute approximate surface area is 87.5 Å². The van der Waals surface area contributed by atoms with E-state index < -0.39 is 0 Å². The lowest BCUT2D eigenvalue weighted by molar-refractivity contribution is 0.649. The molecule has 0 radical (unpaired) electrons. The molecule has 1 heterocycles. The zero-order valence-corrected chi connectivity index (χ0v) is 8.66. The standard InChI is InChI=1S/C10H14N4O/c1-6-13-5-7(4-9(11)12)10(15)14(6)8-2-3-8/h5,8H,2-4H2,1H3,(H3,11,12). The summed E-state index contributed by atoms with van der Waals surface area (Å²) in [6, 6.07) is 0.317. The van der Waals surface area contributed by atoms with Crippen LogP contribution in [0, 0.1) is 12.3 Å². The van der Waals surface area contributed by atoms with Crippen molar-refractivity contribution in [1.29, 1.82) is 5.41 Å². The van der Waals surface area contributed by atoms with Crippen LogP contribution >= 0.6 is 0 Å². The molecule has 0 unspecified atom stereocenters. The lowest BCUT2D eigenvalue weighted by Crippen LogP contribution is -2.28. The normalized spacial score (nSPS) is 15.3. The summed E-state index contributed by atoms with van der Waals surface area (Å²) in [4.78, 5) is 16.1. The molecule has 0 aliphatic heterocycles. The number of nitrogens with two attached hydrogens (primary N) is 1. The smallest absolute Gasteiger partial charge is 0.257 e. The second kappa shape index (κ2) is 3.49. The van der Waals surface area contributed by atoms with E-state index in [1.807, 2.05) is 6.92 Å². The number of hydrogen-bond donors (Lipinski definition) is 2. The molecule has 0 saturated heterocycles. The van der Waals surface area contributed by atoms with Gasteiger partial charge in [-0.05, 0) is 19.8 Å². The SMILES string of the molecule is Cc1ncc(CC(=N)N)c(=O)n1C1CC1. The molecule has 1 aromatic rings. The van der Waals surface area contributed by atoms with E-state index in [9.17, 15) is 4.79 Å². The van der Waals surface area contributed by atoms with Gasteiger partial charge in [0.05, 0.1) is 5.84 Å². The van der Waals surface area contributed by atoms with Crippen LogP contribution in [-0.4, -0.2) is 15.4 Å². The van der Waals surface area contributed by atoms with Crippen LogP contribution in [0.3, 0.4) is 0 Å². The molecule has 1 saturated carbocycles. The molecule has 3 N–H and O–H groups in total. The lowest BCUT2D eigenvalue weighted by Gasteiger charge is -2.09. The zero-order chi connectivity index (χ0) is 11.0. The molecule has 5 heteroatoms. The number of amidine groups is 1. The third kappa shape index (κ3) is 1.91. The van der Waals surface area contributed by atoms with Crippen molar-refractivity contribution in [3.8, 4) is 0 Å². The second-order valence-corrected chi connectivity index (χ2v) is 3.94. The highest BCUT2D eigenvalue weighted by molar-refractivity contribution is 5.79. The minimum absolute atomic E-state index is 0.0000926. The molecule has 1 aliphatic carbocycles. The summed E-state index contributed by atoms with van der Waals surface area (Å²) in [6.07, 6.45) is 3.81. The van der Waals surface area contributed by atoms with E-state index in [4.69, 9.17) is 11.1 Å². The minimum Gasteiger partial charge on any atom is -0.387 e. The van der Waals surface area contributed by atoms with Gasteiger partial charge in [-0.15, -0.1) is 0 Å². The van der Waals surface area contributed by atoms with Crippen molar-refractivity contribution >= 4 is 5.84 Å². The second-order valence-electron chi connectivity index (χ2n) is 3.94. The van der Waals surface area contributed by atoms with Crippen LogP contribution < -0.4 is 11.3 Å². The first-order chi connectivity index (χ1) is 7.09. The topological polar surface area (TPSA) is 84.8 Å². The van der Waals surface area contributed by atoms with Crippen molar-refractivity contribution in [3.63, 3.8) is 0 Å².